The Morgan fingerprint density at radius 1 is 1.22 bits per heavy atom. The highest BCUT2D eigenvalue weighted by Gasteiger charge is 2.26. The molecule has 1 unspecified atom stereocenters. The molecule has 0 bridgehead atoms. The van der Waals surface area contributed by atoms with Crippen molar-refractivity contribution in [3.8, 4) is 5.75 Å². The summed E-state index contributed by atoms with van der Waals surface area (Å²) in [5.41, 5.74) is 8.41. The molecule has 2 heterocycles. The van der Waals surface area contributed by atoms with Crippen LogP contribution in [0.25, 0.3) is 11.0 Å². The molecule has 140 valence electrons. The monoisotopic (exact) mass is 364 g/mol. The molecular weight excluding hydrogens is 340 g/mol. The van der Waals surface area contributed by atoms with Crippen LogP contribution >= 0.6 is 0 Å². The van der Waals surface area contributed by atoms with E-state index in [0.29, 0.717) is 5.75 Å². The standard InChI is InChI=1S/C21H24N4O2/c22-20(26)14-27-16-7-5-6-15(12-16)13-25-11-4-3-10-19(25)21-23-17-8-1-2-9-18(17)24-21/h1-2,5-9,12,19H,3-4,10-11,13-14H2,(H2,22,26)(H,23,24). The number of imidazole rings is 1. The maximum absolute atomic E-state index is 10.9. The fourth-order valence-electron chi connectivity index (χ4n) is 3.74. The molecule has 3 aromatic rings. The van der Waals surface area contributed by atoms with Crippen LogP contribution in [0.1, 0.15) is 36.7 Å². The van der Waals surface area contributed by atoms with E-state index in [2.05, 4.69) is 22.0 Å². The molecule has 4 rings (SSSR count). The highest BCUT2D eigenvalue weighted by Crippen LogP contribution is 2.32. The summed E-state index contributed by atoms with van der Waals surface area (Å²) in [7, 11) is 0. The number of ether oxygens (including phenoxy) is 1. The molecule has 3 N–H and O–H groups in total. The number of likely N-dealkylation sites (tertiary alicyclic amines) is 1. The van der Waals surface area contributed by atoms with Gasteiger partial charge in [-0.3, -0.25) is 9.69 Å². The third kappa shape index (κ3) is 4.11. The topological polar surface area (TPSA) is 84.2 Å². The Kier molecular flexibility index (Phi) is 5.07. The fourth-order valence-corrected chi connectivity index (χ4v) is 3.74. The van der Waals surface area contributed by atoms with Crippen molar-refractivity contribution in [1.82, 2.24) is 14.9 Å². The summed E-state index contributed by atoms with van der Waals surface area (Å²) >= 11 is 0. The lowest BCUT2D eigenvalue weighted by molar-refractivity contribution is -0.119. The Balaban J connectivity index is 1.52. The number of carbonyl (C=O) groups excluding carboxylic acids is 1. The molecule has 0 spiro atoms. The van der Waals surface area contributed by atoms with E-state index in [9.17, 15) is 4.79 Å². The van der Waals surface area contributed by atoms with Crippen LogP contribution in [0.5, 0.6) is 5.75 Å². The molecule has 1 aromatic heterocycles. The molecule has 0 aliphatic carbocycles. The first-order chi connectivity index (χ1) is 13.2. The molecule has 1 amide bonds. The molecule has 1 fully saturated rings. The third-order valence-corrected chi connectivity index (χ3v) is 5.00. The highest BCUT2D eigenvalue weighted by atomic mass is 16.5. The van der Waals surface area contributed by atoms with Crippen LogP contribution in [0.4, 0.5) is 0 Å². The van der Waals surface area contributed by atoms with E-state index in [0.717, 1.165) is 41.9 Å². The Bertz CT molecular complexity index is 904. The van der Waals surface area contributed by atoms with Crippen LogP contribution in [-0.2, 0) is 11.3 Å². The second kappa shape index (κ2) is 7.80. The first kappa shape index (κ1) is 17.5. The number of nitrogens with two attached hydrogens (primary N) is 1. The van der Waals surface area contributed by atoms with Crippen LogP contribution in [0.2, 0.25) is 0 Å². The number of H-pyrrole nitrogens is 1. The Labute approximate surface area is 158 Å². The molecule has 0 saturated carbocycles. The molecule has 1 aliphatic rings. The van der Waals surface area contributed by atoms with Gasteiger partial charge in [0.25, 0.3) is 5.91 Å². The van der Waals surface area contributed by atoms with Gasteiger partial charge in [-0.1, -0.05) is 30.7 Å². The normalized spacial score (nSPS) is 17.9. The van der Waals surface area contributed by atoms with Crippen molar-refractivity contribution >= 4 is 16.9 Å². The Morgan fingerprint density at radius 3 is 2.96 bits per heavy atom. The zero-order valence-corrected chi connectivity index (χ0v) is 15.2. The maximum Gasteiger partial charge on any atom is 0.255 e. The van der Waals surface area contributed by atoms with Crippen molar-refractivity contribution in [3.05, 3.63) is 59.9 Å². The zero-order valence-electron chi connectivity index (χ0n) is 15.2. The van der Waals surface area contributed by atoms with Gasteiger partial charge in [0.1, 0.15) is 11.6 Å². The van der Waals surface area contributed by atoms with Crippen LogP contribution in [0.3, 0.4) is 0 Å². The number of amides is 1. The number of rotatable bonds is 6. The number of hydrogen-bond acceptors (Lipinski definition) is 4. The summed E-state index contributed by atoms with van der Waals surface area (Å²) in [5.74, 6) is 1.24. The summed E-state index contributed by atoms with van der Waals surface area (Å²) in [6.45, 7) is 1.75. The van der Waals surface area contributed by atoms with Gasteiger partial charge in [0.05, 0.1) is 17.1 Å². The number of nitrogens with one attached hydrogen (secondary N) is 1. The lowest BCUT2D eigenvalue weighted by atomic mass is 10.0. The molecule has 6 nitrogen and oxygen atoms in total. The van der Waals surface area contributed by atoms with Crippen LogP contribution in [-0.4, -0.2) is 33.9 Å². The summed E-state index contributed by atoms with van der Waals surface area (Å²) < 4.78 is 5.44. The minimum atomic E-state index is -0.471. The zero-order chi connectivity index (χ0) is 18.6. The number of piperidine rings is 1. The average Bonchev–Trinajstić information content (AvgIpc) is 3.11. The number of aromatic amines is 1. The van der Waals surface area contributed by atoms with Gasteiger partial charge in [-0.2, -0.15) is 0 Å². The van der Waals surface area contributed by atoms with Crippen molar-refractivity contribution < 1.29 is 9.53 Å². The number of nitrogens with zero attached hydrogens (tertiary/aromatic N) is 2. The highest BCUT2D eigenvalue weighted by molar-refractivity contribution is 5.75. The minimum absolute atomic E-state index is 0.102. The second-order valence-electron chi connectivity index (χ2n) is 7.02. The lowest BCUT2D eigenvalue weighted by Crippen LogP contribution is -2.33. The van der Waals surface area contributed by atoms with Crippen LogP contribution < -0.4 is 10.5 Å². The minimum Gasteiger partial charge on any atom is -0.484 e. The molecule has 6 heteroatoms. The molecule has 1 saturated heterocycles. The SMILES string of the molecule is NC(=O)COc1cccc(CN2CCCCC2c2nc3ccccc3[nH]2)c1. The van der Waals surface area contributed by atoms with Crippen molar-refractivity contribution in [3.63, 3.8) is 0 Å². The van der Waals surface area contributed by atoms with Crippen molar-refractivity contribution in [2.24, 2.45) is 5.73 Å². The lowest BCUT2D eigenvalue weighted by Gasteiger charge is -2.34. The van der Waals surface area contributed by atoms with Crippen molar-refractivity contribution in [2.75, 3.05) is 13.2 Å². The summed E-state index contributed by atoms with van der Waals surface area (Å²) in [4.78, 5) is 21.7. The van der Waals surface area contributed by atoms with Gasteiger partial charge in [0.15, 0.2) is 6.61 Å². The fraction of sp³-hybridized carbons (Fsp3) is 0.333. The molecule has 27 heavy (non-hydrogen) atoms. The largest absolute Gasteiger partial charge is 0.484 e. The number of fused-ring (bicyclic) bond motifs is 1. The van der Waals surface area contributed by atoms with Gasteiger partial charge in [0, 0.05) is 6.54 Å². The second-order valence-corrected chi connectivity index (χ2v) is 7.02. The summed E-state index contributed by atoms with van der Waals surface area (Å²) in [6, 6.07) is 16.3. The first-order valence-corrected chi connectivity index (χ1v) is 9.38. The number of aromatic nitrogens is 2. The van der Waals surface area contributed by atoms with Gasteiger partial charge >= 0.3 is 0 Å². The van der Waals surface area contributed by atoms with Crippen LogP contribution in [0.15, 0.2) is 48.5 Å². The van der Waals surface area contributed by atoms with Gasteiger partial charge in [-0.25, -0.2) is 4.98 Å². The predicted molar refractivity (Wildman–Crippen MR) is 104 cm³/mol. The third-order valence-electron chi connectivity index (χ3n) is 5.00. The van der Waals surface area contributed by atoms with E-state index in [1.165, 1.54) is 12.8 Å². The first-order valence-electron chi connectivity index (χ1n) is 9.38. The Morgan fingerprint density at radius 2 is 2.11 bits per heavy atom. The number of carbonyl (C=O) groups is 1. The maximum atomic E-state index is 10.9. The predicted octanol–water partition coefficient (Wildman–Crippen LogP) is 3.15. The number of hydrogen-bond donors (Lipinski definition) is 2. The molecular formula is C21H24N4O2. The smallest absolute Gasteiger partial charge is 0.255 e. The van der Waals surface area contributed by atoms with E-state index in [4.69, 9.17) is 15.5 Å². The quantitative estimate of drug-likeness (QED) is 0.704. The Hall–Kier alpha value is -2.86. The molecule has 1 aliphatic heterocycles. The number of para-hydroxylation sites is 2. The summed E-state index contributed by atoms with van der Waals surface area (Å²) in [6.07, 6.45) is 3.49. The van der Waals surface area contributed by atoms with Gasteiger partial charge < -0.3 is 15.5 Å². The molecule has 2 aromatic carbocycles. The summed E-state index contributed by atoms with van der Waals surface area (Å²) in [5, 5.41) is 0. The van der Waals surface area contributed by atoms with Crippen molar-refractivity contribution in [1.29, 1.82) is 0 Å². The van der Waals surface area contributed by atoms with E-state index >= 15 is 0 Å². The van der Waals surface area contributed by atoms with E-state index in [-0.39, 0.29) is 12.6 Å². The van der Waals surface area contributed by atoms with Gasteiger partial charge in [-0.05, 0) is 49.2 Å². The van der Waals surface area contributed by atoms with E-state index < -0.39 is 5.91 Å². The van der Waals surface area contributed by atoms with E-state index in [1.807, 2.05) is 36.4 Å². The molecule has 1 atom stereocenters. The van der Waals surface area contributed by atoms with E-state index in [1.54, 1.807) is 0 Å². The average molecular weight is 364 g/mol. The molecule has 0 radical (unpaired) electrons. The number of benzene rings is 2. The van der Waals surface area contributed by atoms with Gasteiger partial charge in [0.2, 0.25) is 0 Å². The van der Waals surface area contributed by atoms with Crippen molar-refractivity contribution in [2.45, 2.75) is 31.8 Å². The van der Waals surface area contributed by atoms with Gasteiger partial charge in [-0.15, -0.1) is 0 Å². The number of primary amides is 1. The van der Waals surface area contributed by atoms with Crippen LogP contribution in [0, 0.1) is 0 Å².